The van der Waals surface area contributed by atoms with Crippen molar-refractivity contribution < 1.29 is 0 Å². The maximum Gasteiger partial charge on any atom is 0.00870 e. The van der Waals surface area contributed by atoms with E-state index in [1.165, 1.54) is 42.0 Å². The van der Waals surface area contributed by atoms with Gasteiger partial charge in [0, 0.05) is 15.8 Å². The van der Waals surface area contributed by atoms with Crippen LogP contribution in [0.5, 0.6) is 0 Å². The summed E-state index contributed by atoms with van der Waals surface area (Å²) in [5, 5.41) is 3.58. The first kappa shape index (κ1) is 12.7. The summed E-state index contributed by atoms with van der Waals surface area (Å²) in [6.45, 7) is 7.87. The third-order valence-electron chi connectivity index (χ3n) is 2.58. The fourth-order valence-electron chi connectivity index (χ4n) is 1.69. The van der Waals surface area contributed by atoms with Crippen molar-refractivity contribution in [3.05, 3.63) is 21.9 Å². The van der Waals surface area contributed by atoms with Gasteiger partial charge in [0.15, 0.2) is 0 Å². The number of hydrogen-bond donors (Lipinski definition) is 1. The van der Waals surface area contributed by atoms with Crippen LogP contribution in [0.15, 0.2) is 12.1 Å². The molecule has 1 aromatic heterocycles. The van der Waals surface area contributed by atoms with Crippen molar-refractivity contribution in [1.82, 2.24) is 5.32 Å². The Kier molecular flexibility index (Phi) is 5.96. The molecule has 1 atom stereocenters. The predicted molar refractivity (Wildman–Crippen MR) is 69.7 cm³/mol. The van der Waals surface area contributed by atoms with E-state index in [2.05, 4.69) is 38.2 Å². The van der Waals surface area contributed by atoms with Crippen molar-refractivity contribution in [2.75, 3.05) is 6.54 Å². The second kappa shape index (κ2) is 7.02. The van der Waals surface area contributed by atoms with E-state index in [-0.39, 0.29) is 0 Å². The molecule has 0 aliphatic carbocycles. The van der Waals surface area contributed by atoms with E-state index in [4.69, 9.17) is 0 Å². The molecular weight excluding hydrogens is 202 g/mol. The van der Waals surface area contributed by atoms with Crippen molar-refractivity contribution in [2.24, 2.45) is 0 Å². The highest BCUT2D eigenvalue weighted by Gasteiger charge is 2.03. The molecule has 86 valence electrons. The fraction of sp³-hybridized carbons (Fsp3) is 0.692. The summed E-state index contributed by atoms with van der Waals surface area (Å²) < 4.78 is 0. The van der Waals surface area contributed by atoms with Crippen molar-refractivity contribution >= 4 is 11.3 Å². The molecule has 1 N–H and O–H groups in total. The van der Waals surface area contributed by atoms with Crippen LogP contribution in [0, 0.1) is 6.92 Å². The summed E-state index contributed by atoms with van der Waals surface area (Å²) in [4.78, 5) is 2.92. The van der Waals surface area contributed by atoms with Gasteiger partial charge in [0.25, 0.3) is 0 Å². The minimum absolute atomic E-state index is 0.611. The lowest BCUT2D eigenvalue weighted by atomic mass is 10.2. The van der Waals surface area contributed by atoms with Gasteiger partial charge in [0.05, 0.1) is 0 Å². The van der Waals surface area contributed by atoms with E-state index in [0.717, 1.165) is 0 Å². The second-order valence-corrected chi connectivity index (χ2v) is 5.65. The number of unbranched alkanes of at least 4 members (excludes halogenated alkanes) is 2. The number of aryl methyl sites for hydroxylation is 1. The molecule has 1 aromatic rings. The Balaban J connectivity index is 2.15. The van der Waals surface area contributed by atoms with Gasteiger partial charge in [-0.05, 0) is 45.4 Å². The van der Waals surface area contributed by atoms with Gasteiger partial charge in [-0.3, -0.25) is 0 Å². The van der Waals surface area contributed by atoms with Crippen LogP contribution < -0.4 is 5.32 Å². The maximum atomic E-state index is 3.58. The lowest BCUT2D eigenvalue weighted by Crippen LogP contribution is -2.28. The highest BCUT2D eigenvalue weighted by molar-refractivity contribution is 7.11. The van der Waals surface area contributed by atoms with E-state index >= 15 is 0 Å². The Bertz CT molecular complexity index is 267. The largest absolute Gasteiger partial charge is 0.314 e. The summed E-state index contributed by atoms with van der Waals surface area (Å²) in [6.07, 6.45) is 5.13. The molecule has 0 aliphatic rings. The topological polar surface area (TPSA) is 12.0 Å². The van der Waals surface area contributed by atoms with Gasteiger partial charge in [0.2, 0.25) is 0 Å². The normalized spacial score (nSPS) is 13.0. The lowest BCUT2D eigenvalue weighted by Gasteiger charge is -2.12. The van der Waals surface area contributed by atoms with E-state index in [1.807, 2.05) is 11.3 Å². The van der Waals surface area contributed by atoms with Gasteiger partial charge in [-0.1, -0.05) is 19.8 Å². The van der Waals surface area contributed by atoms with Crippen LogP contribution in [0.1, 0.15) is 42.9 Å². The standard InChI is InChI=1S/C13H23NS/c1-4-5-6-9-14-11(2)10-13-8-7-12(3)15-13/h7-8,11,14H,4-6,9-10H2,1-3H3. The molecule has 1 nitrogen and oxygen atoms in total. The van der Waals surface area contributed by atoms with E-state index in [1.54, 1.807) is 0 Å². The van der Waals surface area contributed by atoms with Gasteiger partial charge < -0.3 is 5.32 Å². The molecule has 0 radical (unpaired) electrons. The smallest absolute Gasteiger partial charge is 0.00870 e. The van der Waals surface area contributed by atoms with Crippen molar-refractivity contribution in [3.8, 4) is 0 Å². The van der Waals surface area contributed by atoms with Gasteiger partial charge in [0.1, 0.15) is 0 Å². The van der Waals surface area contributed by atoms with Crippen LogP contribution in [-0.2, 0) is 6.42 Å². The van der Waals surface area contributed by atoms with Gasteiger partial charge in [-0.15, -0.1) is 11.3 Å². The molecule has 1 unspecified atom stereocenters. The second-order valence-electron chi connectivity index (χ2n) is 4.28. The molecule has 0 saturated carbocycles. The van der Waals surface area contributed by atoms with Gasteiger partial charge in [-0.2, -0.15) is 0 Å². The van der Waals surface area contributed by atoms with Crippen LogP contribution in [-0.4, -0.2) is 12.6 Å². The number of hydrogen-bond acceptors (Lipinski definition) is 2. The van der Waals surface area contributed by atoms with Crippen LogP contribution in [0.25, 0.3) is 0 Å². The van der Waals surface area contributed by atoms with Crippen LogP contribution in [0.3, 0.4) is 0 Å². The molecule has 0 aliphatic heterocycles. The highest BCUT2D eigenvalue weighted by Crippen LogP contribution is 2.16. The Morgan fingerprint density at radius 3 is 2.73 bits per heavy atom. The summed E-state index contributed by atoms with van der Waals surface area (Å²) in [5.41, 5.74) is 0. The molecule has 0 bridgehead atoms. The first-order chi connectivity index (χ1) is 7.22. The minimum Gasteiger partial charge on any atom is -0.314 e. The predicted octanol–water partition coefficient (Wildman–Crippen LogP) is 3.77. The van der Waals surface area contributed by atoms with E-state index in [9.17, 15) is 0 Å². The molecular formula is C13H23NS. The van der Waals surface area contributed by atoms with E-state index < -0.39 is 0 Å². The summed E-state index contributed by atoms with van der Waals surface area (Å²) in [6, 6.07) is 5.08. The molecule has 0 amide bonds. The third-order valence-corrected chi connectivity index (χ3v) is 3.60. The molecule has 0 aromatic carbocycles. The first-order valence-electron chi connectivity index (χ1n) is 6.01. The average molecular weight is 225 g/mol. The molecule has 1 heterocycles. The first-order valence-corrected chi connectivity index (χ1v) is 6.82. The number of thiophene rings is 1. The monoisotopic (exact) mass is 225 g/mol. The summed E-state index contributed by atoms with van der Waals surface area (Å²) in [7, 11) is 0. The maximum absolute atomic E-state index is 3.58. The zero-order valence-electron chi connectivity index (χ0n) is 10.2. The Morgan fingerprint density at radius 2 is 2.13 bits per heavy atom. The zero-order valence-corrected chi connectivity index (χ0v) is 11.0. The highest BCUT2D eigenvalue weighted by atomic mass is 32.1. The van der Waals surface area contributed by atoms with E-state index in [0.29, 0.717) is 6.04 Å². The summed E-state index contributed by atoms with van der Waals surface area (Å²) in [5.74, 6) is 0. The Labute approximate surface area is 97.9 Å². The number of nitrogens with one attached hydrogen (secondary N) is 1. The molecule has 0 fully saturated rings. The van der Waals surface area contributed by atoms with Gasteiger partial charge >= 0.3 is 0 Å². The zero-order chi connectivity index (χ0) is 11.1. The van der Waals surface area contributed by atoms with Crippen molar-refractivity contribution in [2.45, 2.75) is 52.5 Å². The fourth-order valence-corrected chi connectivity index (χ4v) is 2.71. The molecule has 15 heavy (non-hydrogen) atoms. The van der Waals surface area contributed by atoms with Crippen LogP contribution in [0.4, 0.5) is 0 Å². The average Bonchev–Trinajstić information content (AvgIpc) is 2.59. The molecule has 0 saturated heterocycles. The molecule has 0 spiro atoms. The third kappa shape index (κ3) is 5.33. The van der Waals surface area contributed by atoms with Gasteiger partial charge in [-0.25, -0.2) is 0 Å². The lowest BCUT2D eigenvalue weighted by molar-refractivity contribution is 0.525. The quantitative estimate of drug-likeness (QED) is 0.697. The summed E-state index contributed by atoms with van der Waals surface area (Å²) >= 11 is 1.92. The van der Waals surface area contributed by atoms with Crippen LogP contribution >= 0.6 is 11.3 Å². The SMILES string of the molecule is CCCCCNC(C)Cc1ccc(C)s1. The minimum atomic E-state index is 0.611. The van der Waals surface area contributed by atoms with Crippen molar-refractivity contribution in [3.63, 3.8) is 0 Å². The Hall–Kier alpha value is -0.340. The molecule has 2 heteroatoms. The van der Waals surface area contributed by atoms with Crippen LogP contribution in [0.2, 0.25) is 0 Å². The number of rotatable bonds is 7. The van der Waals surface area contributed by atoms with Crippen molar-refractivity contribution in [1.29, 1.82) is 0 Å². The molecule has 1 rings (SSSR count). The Morgan fingerprint density at radius 1 is 1.33 bits per heavy atom.